The molecular formula is C8H15N5S. The number of rotatable bonds is 3. The largest absolute Gasteiger partial charge is 0.368 e. The Kier molecular flexibility index (Phi) is 2.93. The van der Waals surface area contributed by atoms with Gasteiger partial charge < -0.3 is 11.1 Å². The molecule has 0 spiro atoms. The van der Waals surface area contributed by atoms with E-state index < -0.39 is 0 Å². The van der Waals surface area contributed by atoms with Gasteiger partial charge in [-0.3, -0.25) is 4.57 Å². The molecule has 0 amide bonds. The second-order valence-electron chi connectivity index (χ2n) is 3.57. The molecule has 0 radical (unpaired) electrons. The first-order valence-corrected chi connectivity index (χ1v) is 5.74. The van der Waals surface area contributed by atoms with Crippen molar-refractivity contribution in [3.8, 4) is 0 Å². The average Bonchev–Trinajstić information content (AvgIpc) is 2.77. The number of hydrogen-bond acceptors (Lipinski definition) is 5. The fourth-order valence-electron chi connectivity index (χ4n) is 1.50. The number of aromatic nitrogens is 3. The predicted molar refractivity (Wildman–Crippen MR) is 57.1 cm³/mol. The minimum atomic E-state index is 0.483. The topological polar surface area (TPSA) is 68.8 Å². The van der Waals surface area contributed by atoms with Crippen LogP contribution < -0.4 is 11.1 Å². The van der Waals surface area contributed by atoms with E-state index in [4.69, 9.17) is 5.73 Å². The lowest BCUT2D eigenvalue weighted by molar-refractivity contribution is 0.659. The van der Waals surface area contributed by atoms with Gasteiger partial charge in [0.1, 0.15) is 0 Å². The molecule has 1 unspecified atom stereocenters. The Morgan fingerprint density at radius 3 is 3.07 bits per heavy atom. The summed E-state index contributed by atoms with van der Waals surface area (Å²) in [7, 11) is 1.89. The fourth-order valence-corrected chi connectivity index (χ4v) is 2.56. The molecule has 1 aromatic heterocycles. The van der Waals surface area contributed by atoms with Crippen LogP contribution in [0.25, 0.3) is 0 Å². The van der Waals surface area contributed by atoms with Gasteiger partial charge in [-0.25, -0.2) is 0 Å². The van der Waals surface area contributed by atoms with Gasteiger partial charge in [-0.1, -0.05) is 11.8 Å². The molecule has 14 heavy (non-hydrogen) atoms. The van der Waals surface area contributed by atoms with Crippen LogP contribution in [0.4, 0.5) is 5.95 Å². The van der Waals surface area contributed by atoms with Crippen LogP contribution in [-0.2, 0) is 7.05 Å². The monoisotopic (exact) mass is 213 g/mol. The van der Waals surface area contributed by atoms with Crippen molar-refractivity contribution in [3.05, 3.63) is 0 Å². The summed E-state index contributed by atoms with van der Waals surface area (Å²) in [6, 6.07) is 0. The lowest BCUT2D eigenvalue weighted by Crippen LogP contribution is -2.10. The van der Waals surface area contributed by atoms with Crippen molar-refractivity contribution in [2.24, 2.45) is 13.0 Å². The van der Waals surface area contributed by atoms with E-state index in [1.165, 1.54) is 6.42 Å². The molecule has 5 nitrogen and oxygen atoms in total. The van der Waals surface area contributed by atoms with E-state index in [-0.39, 0.29) is 0 Å². The number of anilines is 1. The molecule has 1 aromatic rings. The van der Waals surface area contributed by atoms with E-state index in [0.29, 0.717) is 5.95 Å². The second-order valence-corrected chi connectivity index (χ2v) is 4.56. The maximum absolute atomic E-state index is 5.59. The summed E-state index contributed by atoms with van der Waals surface area (Å²) in [5, 5.41) is 12.1. The molecule has 1 atom stereocenters. The average molecular weight is 213 g/mol. The number of nitrogens with zero attached hydrogens (tertiary/aromatic N) is 3. The smallest absolute Gasteiger partial charge is 0.222 e. The van der Waals surface area contributed by atoms with Gasteiger partial charge in [0, 0.05) is 12.8 Å². The van der Waals surface area contributed by atoms with E-state index in [1.807, 2.05) is 11.6 Å². The van der Waals surface area contributed by atoms with Crippen LogP contribution in [0.15, 0.2) is 5.16 Å². The number of hydrogen-bond donors (Lipinski definition) is 2. The minimum absolute atomic E-state index is 0.483. The standard InChI is InChI=1S/C8H15N5S/c1-13-7(9)11-12-8(13)14-5-6-2-3-10-4-6/h6,10H,2-5H2,1H3,(H2,9,11). The van der Waals surface area contributed by atoms with Gasteiger partial charge in [-0.15, -0.1) is 10.2 Å². The molecule has 78 valence electrons. The van der Waals surface area contributed by atoms with Crippen molar-refractivity contribution >= 4 is 17.7 Å². The summed E-state index contributed by atoms with van der Waals surface area (Å²) in [5.74, 6) is 2.34. The molecule has 0 bridgehead atoms. The van der Waals surface area contributed by atoms with Crippen LogP contribution in [-0.4, -0.2) is 33.6 Å². The summed E-state index contributed by atoms with van der Waals surface area (Å²) in [4.78, 5) is 0. The first-order valence-electron chi connectivity index (χ1n) is 4.75. The lowest BCUT2D eigenvalue weighted by Gasteiger charge is -2.06. The van der Waals surface area contributed by atoms with Crippen molar-refractivity contribution in [2.75, 3.05) is 24.6 Å². The van der Waals surface area contributed by atoms with E-state index in [9.17, 15) is 0 Å². The van der Waals surface area contributed by atoms with Crippen LogP contribution in [0, 0.1) is 5.92 Å². The van der Waals surface area contributed by atoms with Gasteiger partial charge in [0.15, 0.2) is 5.16 Å². The summed E-state index contributed by atoms with van der Waals surface area (Å²) in [6.45, 7) is 2.27. The zero-order valence-corrected chi connectivity index (χ0v) is 9.05. The molecule has 1 fully saturated rings. The molecule has 0 saturated carbocycles. The lowest BCUT2D eigenvalue weighted by atomic mass is 10.2. The molecule has 1 aliphatic rings. The maximum atomic E-state index is 5.59. The van der Waals surface area contributed by atoms with Crippen LogP contribution in [0.5, 0.6) is 0 Å². The first kappa shape index (κ1) is 9.79. The van der Waals surface area contributed by atoms with Crippen molar-refractivity contribution in [1.82, 2.24) is 20.1 Å². The quantitative estimate of drug-likeness (QED) is 0.697. The molecule has 3 N–H and O–H groups in total. The molecule has 1 aliphatic heterocycles. The number of nitrogen functional groups attached to an aromatic ring is 1. The number of nitrogens with two attached hydrogens (primary N) is 1. The Labute approximate surface area is 87.5 Å². The predicted octanol–water partition coefficient (Wildman–Crippen LogP) is 0.0989. The normalized spacial score (nSPS) is 21.6. The molecular weight excluding hydrogens is 198 g/mol. The van der Waals surface area contributed by atoms with E-state index in [1.54, 1.807) is 11.8 Å². The van der Waals surface area contributed by atoms with Gasteiger partial charge in [0.05, 0.1) is 0 Å². The zero-order chi connectivity index (χ0) is 9.97. The Morgan fingerprint density at radius 2 is 2.50 bits per heavy atom. The van der Waals surface area contributed by atoms with Crippen molar-refractivity contribution < 1.29 is 0 Å². The van der Waals surface area contributed by atoms with E-state index in [0.717, 1.165) is 29.9 Å². The molecule has 6 heteroatoms. The van der Waals surface area contributed by atoms with Crippen LogP contribution >= 0.6 is 11.8 Å². The van der Waals surface area contributed by atoms with E-state index in [2.05, 4.69) is 15.5 Å². The highest BCUT2D eigenvalue weighted by molar-refractivity contribution is 7.99. The Hall–Kier alpha value is -0.750. The zero-order valence-electron chi connectivity index (χ0n) is 8.23. The van der Waals surface area contributed by atoms with Gasteiger partial charge >= 0.3 is 0 Å². The minimum Gasteiger partial charge on any atom is -0.368 e. The van der Waals surface area contributed by atoms with Crippen LogP contribution in [0.2, 0.25) is 0 Å². The van der Waals surface area contributed by atoms with Gasteiger partial charge in [0.25, 0.3) is 0 Å². The third kappa shape index (κ3) is 2.01. The summed E-state index contributed by atoms with van der Waals surface area (Å²) < 4.78 is 1.83. The highest BCUT2D eigenvalue weighted by atomic mass is 32.2. The molecule has 1 saturated heterocycles. The SMILES string of the molecule is Cn1c(N)nnc1SCC1CCNC1. The van der Waals surface area contributed by atoms with Gasteiger partial charge in [-0.2, -0.15) is 0 Å². The first-order chi connectivity index (χ1) is 6.77. The van der Waals surface area contributed by atoms with Crippen molar-refractivity contribution in [1.29, 1.82) is 0 Å². The Balaban J connectivity index is 1.88. The highest BCUT2D eigenvalue weighted by Gasteiger charge is 2.16. The molecule has 0 aliphatic carbocycles. The second kappa shape index (κ2) is 4.18. The third-order valence-electron chi connectivity index (χ3n) is 2.48. The number of nitrogens with one attached hydrogen (secondary N) is 1. The Morgan fingerprint density at radius 1 is 1.64 bits per heavy atom. The summed E-state index contributed by atoms with van der Waals surface area (Å²) >= 11 is 1.73. The maximum Gasteiger partial charge on any atom is 0.222 e. The summed E-state index contributed by atoms with van der Waals surface area (Å²) in [6.07, 6.45) is 1.26. The highest BCUT2D eigenvalue weighted by Crippen LogP contribution is 2.22. The molecule has 2 rings (SSSR count). The summed E-state index contributed by atoms with van der Waals surface area (Å²) in [5.41, 5.74) is 5.59. The molecule has 0 aromatic carbocycles. The Bertz CT molecular complexity index is 305. The molecule has 2 heterocycles. The number of thioether (sulfide) groups is 1. The fraction of sp³-hybridized carbons (Fsp3) is 0.750. The van der Waals surface area contributed by atoms with E-state index >= 15 is 0 Å². The van der Waals surface area contributed by atoms with Crippen molar-refractivity contribution in [3.63, 3.8) is 0 Å². The van der Waals surface area contributed by atoms with Crippen LogP contribution in [0.1, 0.15) is 6.42 Å². The van der Waals surface area contributed by atoms with Crippen LogP contribution in [0.3, 0.4) is 0 Å². The van der Waals surface area contributed by atoms with Crippen molar-refractivity contribution in [2.45, 2.75) is 11.6 Å². The van der Waals surface area contributed by atoms with Gasteiger partial charge in [0.2, 0.25) is 5.95 Å². The third-order valence-corrected chi connectivity index (χ3v) is 3.73. The van der Waals surface area contributed by atoms with Gasteiger partial charge in [-0.05, 0) is 25.4 Å².